The standard InChI is InChI=1S/C16H13NO4/c1-20-13-6-4-10(8-14(13)21-2)9-3-5-11-12(7-9)16(19)17-15(11)18/h3-8H,1-2H3,(H,17,18,19). The van der Waals surface area contributed by atoms with E-state index in [9.17, 15) is 9.59 Å². The van der Waals surface area contributed by atoms with Crippen molar-refractivity contribution < 1.29 is 19.1 Å². The second-order valence-corrected chi connectivity index (χ2v) is 4.61. The smallest absolute Gasteiger partial charge is 0.258 e. The van der Waals surface area contributed by atoms with Gasteiger partial charge in [-0.3, -0.25) is 14.9 Å². The second-order valence-electron chi connectivity index (χ2n) is 4.61. The van der Waals surface area contributed by atoms with Crippen molar-refractivity contribution >= 4 is 11.8 Å². The van der Waals surface area contributed by atoms with Gasteiger partial charge in [0.2, 0.25) is 0 Å². The van der Waals surface area contributed by atoms with Crippen molar-refractivity contribution in [3.05, 3.63) is 47.5 Å². The summed E-state index contributed by atoms with van der Waals surface area (Å²) in [4.78, 5) is 23.2. The third-order valence-corrected chi connectivity index (χ3v) is 3.45. The molecule has 0 aliphatic carbocycles. The third kappa shape index (κ3) is 2.12. The van der Waals surface area contributed by atoms with Gasteiger partial charge in [-0.15, -0.1) is 0 Å². The number of benzene rings is 2. The number of imide groups is 1. The van der Waals surface area contributed by atoms with Gasteiger partial charge in [0.25, 0.3) is 11.8 Å². The molecule has 5 nitrogen and oxygen atoms in total. The van der Waals surface area contributed by atoms with E-state index in [1.54, 1.807) is 38.5 Å². The molecule has 1 N–H and O–H groups in total. The van der Waals surface area contributed by atoms with Crippen molar-refractivity contribution in [3.63, 3.8) is 0 Å². The van der Waals surface area contributed by atoms with Crippen LogP contribution in [0.3, 0.4) is 0 Å². The largest absolute Gasteiger partial charge is 0.493 e. The fraction of sp³-hybridized carbons (Fsp3) is 0.125. The van der Waals surface area contributed by atoms with E-state index < -0.39 is 0 Å². The van der Waals surface area contributed by atoms with Gasteiger partial charge in [0, 0.05) is 0 Å². The number of methoxy groups -OCH3 is 2. The number of nitrogens with one attached hydrogen (secondary N) is 1. The summed E-state index contributed by atoms with van der Waals surface area (Å²) in [6.07, 6.45) is 0. The maximum absolute atomic E-state index is 11.7. The molecule has 21 heavy (non-hydrogen) atoms. The first-order chi connectivity index (χ1) is 10.1. The Labute approximate surface area is 121 Å². The van der Waals surface area contributed by atoms with E-state index in [-0.39, 0.29) is 11.8 Å². The lowest BCUT2D eigenvalue weighted by Crippen LogP contribution is -2.19. The molecule has 0 unspecified atom stereocenters. The van der Waals surface area contributed by atoms with Crippen molar-refractivity contribution in [2.75, 3.05) is 14.2 Å². The Morgan fingerprint density at radius 2 is 1.38 bits per heavy atom. The molecule has 0 radical (unpaired) electrons. The first kappa shape index (κ1) is 13.2. The van der Waals surface area contributed by atoms with E-state index in [0.29, 0.717) is 22.6 Å². The average molecular weight is 283 g/mol. The Balaban J connectivity index is 2.08. The molecule has 0 saturated carbocycles. The van der Waals surface area contributed by atoms with Gasteiger partial charge >= 0.3 is 0 Å². The van der Waals surface area contributed by atoms with Gasteiger partial charge in [0.15, 0.2) is 11.5 Å². The summed E-state index contributed by atoms with van der Waals surface area (Å²) in [5, 5.41) is 2.28. The number of carbonyl (C=O) groups is 2. The Morgan fingerprint density at radius 1 is 0.762 bits per heavy atom. The maximum Gasteiger partial charge on any atom is 0.258 e. The van der Waals surface area contributed by atoms with Gasteiger partial charge in [-0.25, -0.2) is 0 Å². The Morgan fingerprint density at radius 3 is 2.10 bits per heavy atom. The molecule has 3 rings (SSSR count). The SMILES string of the molecule is COc1ccc(-c2ccc3c(c2)C(=O)NC3=O)cc1OC. The lowest BCUT2D eigenvalue weighted by molar-refractivity contribution is 0.0879. The van der Waals surface area contributed by atoms with Crippen LogP contribution in [0.25, 0.3) is 11.1 Å². The van der Waals surface area contributed by atoms with E-state index in [0.717, 1.165) is 11.1 Å². The monoisotopic (exact) mass is 283 g/mol. The number of hydrogen-bond donors (Lipinski definition) is 1. The fourth-order valence-electron chi connectivity index (χ4n) is 2.36. The molecule has 1 aliphatic heterocycles. The Bertz CT molecular complexity index is 752. The van der Waals surface area contributed by atoms with Crippen LogP contribution in [0.5, 0.6) is 11.5 Å². The number of carbonyl (C=O) groups excluding carboxylic acids is 2. The number of rotatable bonds is 3. The normalized spacial score (nSPS) is 12.9. The van der Waals surface area contributed by atoms with Crippen LogP contribution in [0.1, 0.15) is 20.7 Å². The molecular weight excluding hydrogens is 270 g/mol. The summed E-state index contributed by atoms with van der Waals surface area (Å²) in [6, 6.07) is 10.7. The van der Waals surface area contributed by atoms with Gasteiger partial charge in [-0.2, -0.15) is 0 Å². The highest BCUT2D eigenvalue weighted by Gasteiger charge is 2.26. The zero-order valence-electron chi connectivity index (χ0n) is 11.6. The molecule has 0 aromatic heterocycles. The predicted molar refractivity (Wildman–Crippen MR) is 76.8 cm³/mol. The van der Waals surface area contributed by atoms with Crippen molar-refractivity contribution in [3.8, 4) is 22.6 Å². The first-order valence-electron chi connectivity index (χ1n) is 6.36. The molecule has 0 saturated heterocycles. The van der Waals surface area contributed by atoms with Crippen LogP contribution in [0.2, 0.25) is 0 Å². The van der Waals surface area contributed by atoms with Gasteiger partial charge in [-0.05, 0) is 35.4 Å². The van der Waals surface area contributed by atoms with Gasteiger partial charge in [-0.1, -0.05) is 12.1 Å². The minimum Gasteiger partial charge on any atom is -0.493 e. The number of fused-ring (bicyclic) bond motifs is 1. The molecule has 1 aliphatic rings. The van der Waals surface area contributed by atoms with E-state index in [1.807, 2.05) is 12.1 Å². The third-order valence-electron chi connectivity index (χ3n) is 3.45. The second kappa shape index (κ2) is 4.94. The van der Waals surface area contributed by atoms with Crippen molar-refractivity contribution in [1.82, 2.24) is 5.32 Å². The minimum absolute atomic E-state index is 0.353. The summed E-state index contributed by atoms with van der Waals surface area (Å²) in [5.41, 5.74) is 2.51. The van der Waals surface area contributed by atoms with Crippen LogP contribution in [0.4, 0.5) is 0 Å². The molecule has 5 heteroatoms. The van der Waals surface area contributed by atoms with Crippen LogP contribution < -0.4 is 14.8 Å². The van der Waals surface area contributed by atoms with Crippen LogP contribution in [0.15, 0.2) is 36.4 Å². The molecule has 0 fully saturated rings. The quantitative estimate of drug-likeness (QED) is 0.877. The number of hydrogen-bond acceptors (Lipinski definition) is 4. The summed E-state index contributed by atoms with van der Waals surface area (Å²) in [5.74, 6) is 0.526. The Hall–Kier alpha value is -2.82. The van der Waals surface area contributed by atoms with E-state index >= 15 is 0 Å². The van der Waals surface area contributed by atoms with Crippen LogP contribution in [-0.2, 0) is 0 Å². The number of ether oxygens (including phenoxy) is 2. The molecular formula is C16H13NO4. The fourth-order valence-corrected chi connectivity index (χ4v) is 2.36. The summed E-state index contributed by atoms with van der Waals surface area (Å²) < 4.78 is 10.5. The molecule has 0 bridgehead atoms. The van der Waals surface area contributed by atoms with E-state index in [4.69, 9.17) is 9.47 Å². The predicted octanol–water partition coefficient (Wildman–Crippen LogP) is 2.25. The average Bonchev–Trinajstić information content (AvgIpc) is 2.81. The van der Waals surface area contributed by atoms with Gasteiger partial charge in [0.05, 0.1) is 25.3 Å². The highest BCUT2D eigenvalue weighted by Crippen LogP contribution is 2.33. The van der Waals surface area contributed by atoms with Crippen LogP contribution in [-0.4, -0.2) is 26.0 Å². The van der Waals surface area contributed by atoms with E-state index in [2.05, 4.69) is 5.32 Å². The lowest BCUT2D eigenvalue weighted by atomic mass is 10.00. The molecule has 0 spiro atoms. The van der Waals surface area contributed by atoms with E-state index in [1.165, 1.54) is 0 Å². The zero-order chi connectivity index (χ0) is 15.0. The summed E-state index contributed by atoms with van der Waals surface area (Å²) >= 11 is 0. The van der Waals surface area contributed by atoms with Crippen LogP contribution in [0, 0.1) is 0 Å². The highest BCUT2D eigenvalue weighted by atomic mass is 16.5. The van der Waals surface area contributed by atoms with Gasteiger partial charge in [0.1, 0.15) is 0 Å². The molecule has 2 aromatic carbocycles. The first-order valence-corrected chi connectivity index (χ1v) is 6.36. The highest BCUT2D eigenvalue weighted by molar-refractivity contribution is 6.21. The van der Waals surface area contributed by atoms with Crippen molar-refractivity contribution in [2.24, 2.45) is 0 Å². The Kier molecular flexibility index (Phi) is 3.10. The molecule has 0 atom stereocenters. The zero-order valence-corrected chi connectivity index (χ0v) is 11.6. The maximum atomic E-state index is 11.7. The topological polar surface area (TPSA) is 64.6 Å². The minimum atomic E-state index is -0.364. The van der Waals surface area contributed by atoms with Crippen molar-refractivity contribution in [2.45, 2.75) is 0 Å². The lowest BCUT2D eigenvalue weighted by Gasteiger charge is -2.10. The van der Waals surface area contributed by atoms with Crippen molar-refractivity contribution in [1.29, 1.82) is 0 Å². The molecule has 2 aromatic rings. The number of amides is 2. The summed E-state index contributed by atoms with van der Waals surface area (Å²) in [6.45, 7) is 0. The summed E-state index contributed by atoms with van der Waals surface area (Å²) in [7, 11) is 3.14. The molecule has 2 amide bonds. The molecule has 106 valence electrons. The van der Waals surface area contributed by atoms with Gasteiger partial charge < -0.3 is 9.47 Å². The van der Waals surface area contributed by atoms with Crippen LogP contribution >= 0.6 is 0 Å². The molecule has 1 heterocycles.